The summed E-state index contributed by atoms with van der Waals surface area (Å²) in [5.74, 6) is -1.95. The third-order valence-electron chi connectivity index (χ3n) is 2.65. The number of phenolic OH excluding ortho intramolecular Hbond substituents is 1. The second-order valence-corrected chi connectivity index (χ2v) is 3.73. The topological polar surface area (TPSA) is 77.8 Å². The van der Waals surface area contributed by atoms with Gasteiger partial charge in [0.1, 0.15) is 5.75 Å². The van der Waals surface area contributed by atoms with Gasteiger partial charge >= 0.3 is 5.97 Å². The lowest BCUT2D eigenvalue weighted by molar-refractivity contribution is -0.141. The molecule has 0 aromatic heterocycles. The van der Waals surface area contributed by atoms with Crippen LogP contribution >= 0.6 is 0 Å². The summed E-state index contributed by atoms with van der Waals surface area (Å²) in [5, 5.41) is 18.4. The van der Waals surface area contributed by atoms with Crippen LogP contribution in [0.25, 0.3) is 0 Å². The largest absolute Gasteiger partial charge is 0.506 e. The van der Waals surface area contributed by atoms with Crippen LogP contribution in [0.3, 0.4) is 0 Å². The Bertz CT molecular complexity index is 443. The van der Waals surface area contributed by atoms with E-state index in [4.69, 9.17) is 5.11 Å². The van der Waals surface area contributed by atoms with E-state index in [1.807, 2.05) is 0 Å². The van der Waals surface area contributed by atoms with Gasteiger partial charge in [-0.1, -0.05) is 12.1 Å². The number of benzene rings is 1. The third kappa shape index (κ3) is 1.71. The predicted molar refractivity (Wildman–Crippen MR) is 56.2 cm³/mol. The van der Waals surface area contributed by atoms with E-state index in [2.05, 4.69) is 0 Å². The van der Waals surface area contributed by atoms with Crippen LogP contribution in [0.5, 0.6) is 5.75 Å². The molecule has 1 fully saturated rings. The second-order valence-electron chi connectivity index (χ2n) is 3.73. The van der Waals surface area contributed by atoms with Gasteiger partial charge in [0.2, 0.25) is 5.91 Å². The number of carbonyl (C=O) groups is 2. The van der Waals surface area contributed by atoms with Crippen molar-refractivity contribution in [1.29, 1.82) is 0 Å². The number of hydrogen-bond acceptors (Lipinski definition) is 3. The summed E-state index contributed by atoms with van der Waals surface area (Å²) in [5.41, 5.74) is 0.372. The monoisotopic (exact) mass is 221 g/mol. The molecule has 1 atom stereocenters. The van der Waals surface area contributed by atoms with Gasteiger partial charge in [-0.2, -0.15) is 0 Å². The Morgan fingerprint density at radius 1 is 1.38 bits per heavy atom. The molecule has 1 saturated heterocycles. The van der Waals surface area contributed by atoms with E-state index in [0.717, 1.165) is 0 Å². The number of carboxylic acid groups (broad SMARTS) is 1. The molecular formula is C11H11NO4. The van der Waals surface area contributed by atoms with Crippen LogP contribution < -0.4 is 4.90 Å². The van der Waals surface area contributed by atoms with Gasteiger partial charge in [0.25, 0.3) is 0 Å². The molecule has 1 amide bonds. The zero-order valence-electron chi connectivity index (χ0n) is 8.46. The van der Waals surface area contributed by atoms with Gasteiger partial charge in [0.05, 0.1) is 11.6 Å². The number of anilines is 1. The number of amides is 1. The molecule has 2 N–H and O–H groups in total. The Morgan fingerprint density at radius 3 is 2.62 bits per heavy atom. The fraction of sp³-hybridized carbons (Fsp3) is 0.273. The van der Waals surface area contributed by atoms with Crippen LogP contribution in [-0.2, 0) is 9.59 Å². The summed E-state index contributed by atoms with van der Waals surface area (Å²) in [6, 6.07) is 6.40. The van der Waals surface area contributed by atoms with E-state index in [1.54, 1.807) is 18.2 Å². The first-order chi connectivity index (χ1) is 7.59. The van der Waals surface area contributed by atoms with Gasteiger partial charge in [-0.3, -0.25) is 9.59 Å². The molecule has 1 heterocycles. The minimum Gasteiger partial charge on any atom is -0.506 e. The van der Waals surface area contributed by atoms with Gasteiger partial charge in [-0.25, -0.2) is 0 Å². The van der Waals surface area contributed by atoms with Crippen LogP contribution in [0.2, 0.25) is 0 Å². The molecule has 1 aromatic carbocycles. The molecule has 0 bridgehead atoms. The minimum absolute atomic E-state index is 0.0103. The molecule has 1 aliphatic heterocycles. The molecule has 84 valence electrons. The molecule has 0 radical (unpaired) electrons. The number of phenols is 1. The summed E-state index contributed by atoms with van der Waals surface area (Å²) in [6.07, 6.45) is -0.0103. The maximum atomic E-state index is 11.6. The number of hydrogen-bond donors (Lipinski definition) is 2. The lowest BCUT2D eigenvalue weighted by Crippen LogP contribution is -2.25. The fourth-order valence-electron chi connectivity index (χ4n) is 1.80. The lowest BCUT2D eigenvalue weighted by Gasteiger charge is -2.17. The summed E-state index contributed by atoms with van der Waals surface area (Å²) in [7, 11) is 0. The molecule has 0 aliphatic carbocycles. The summed E-state index contributed by atoms with van der Waals surface area (Å²) in [6.45, 7) is 0.117. The molecule has 1 unspecified atom stereocenters. The first kappa shape index (κ1) is 10.5. The Hall–Kier alpha value is -2.04. The maximum absolute atomic E-state index is 11.6. The molecule has 1 aliphatic rings. The normalized spacial score (nSPS) is 20.1. The Balaban J connectivity index is 2.27. The fourth-order valence-corrected chi connectivity index (χ4v) is 1.80. The SMILES string of the molecule is O=C(O)C1CC(=O)N(c2ccccc2O)C1. The van der Waals surface area contributed by atoms with Crippen LogP contribution in [0.4, 0.5) is 5.69 Å². The second kappa shape index (κ2) is 3.84. The van der Waals surface area contributed by atoms with Crippen molar-refractivity contribution >= 4 is 17.6 Å². The van der Waals surface area contributed by atoms with E-state index in [-0.39, 0.29) is 24.6 Å². The number of carbonyl (C=O) groups excluding carboxylic acids is 1. The molecule has 2 rings (SSSR count). The molecule has 16 heavy (non-hydrogen) atoms. The van der Waals surface area contributed by atoms with Crippen molar-refractivity contribution in [1.82, 2.24) is 0 Å². The van der Waals surface area contributed by atoms with Crippen molar-refractivity contribution in [3.05, 3.63) is 24.3 Å². The van der Waals surface area contributed by atoms with Crippen molar-refractivity contribution in [3.8, 4) is 5.75 Å². The van der Waals surface area contributed by atoms with Gasteiger partial charge < -0.3 is 15.1 Å². The molecule has 0 saturated carbocycles. The number of rotatable bonds is 2. The van der Waals surface area contributed by atoms with Crippen LogP contribution in [0.1, 0.15) is 6.42 Å². The number of para-hydroxylation sites is 2. The summed E-state index contributed by atoms with van der Waals surface area (Å²) >= 11 is 0. The van der Waals surface area contributed by atoms with Crippen molar-refractivity contribution in [3.63, 3.8) is 0 Å². The average molecular weight is 221 g/mol. The van der Waals surface area contributed by atoms with Crippen molar-refractivity contribution in [2.24, 2.45) is 5.92 Å². The highest BCUT2D eigenvalue weighted by atomic mass is 16.4. The Kier molecular flexibility index (Phi) is 2.52. The zero-order chi connectivity index (χ0) is 11.7. The molecule has 5 nitrogen and oxygen atoms in total. The Labute approximate surface area is 91.9 Å². The van der Waals surface area contributed by atoms with Gasteiger partial charge in [-0.05, 0) is 12.1 Å². The molecule has 1 aromatic rings. The maximum Gasteiger partial charge on any atom is 0.308 e. The van der Waals surface area contributed by atoms with E-state index in [0.29, 0.717) is 5.69 Å². The van der Waals surface area contributed by atoms with Gasteiger partial charge in [-0.15, -0.1) is 0 Å². The highest BCUT2D eigenvalue weighted by Crippen LogP contribution is 2.31. The quantitative estimate of drug-likeness (QED) is 0.775. The predicted octanol–water partition coefficient (Wildman–Crippen LogP) is 0.830. The first-order valence-electron chi connectivity index (χ1n) is 4.90. The van der Waals surface area contributed by atoms with Crippen molar-refractivity contribution in [2.75, 3.05) is 11.4 Å². The van der Waals surface area contributed by atoms with Crippen molar-refractivity contribution < 1.29 is 19.8 Å². The van der Waals surface area contributed by atoms with Crippen LogP contribution in [0.15, 0.2) is 24.3 Å². The van der Waals surface area contributed by atoms with Crippen molar-refractivity contribution in [2.45, 2.75) is 6.42 Å². The third-order valence-corrected chi connectivity index (χ3v) is 2.65. The average Bonchev–Trinajstić information content (AvgIpc) is 2.61. The van der Waals surface area contributed by atoms with E-state index >= 15 is 0 Å². The Morgan fingerprint density at radius 2 is 2.06 bits per heavy atom. The number of aliphatic carboxylic acids is 1. The van der Waals surface area contributed by atoms with Gasteiger partial charge in [0, 0.05) is 13.0 Å². The highest BCUT2D eigenvalue weighted by molar-refractivity contribution is 6.00. The smallest absolute Gasteiger partial charge is 0.308 e. The first-order valence-corrected chi connectivity index (χ1v) is 4.90. The minimum atomic E-state index is -0.980. The van der Waals surface area contributed by atoms with E-state index in [9.17, 15) is 14.7 Å². The lowest BCUT2D eigenvalue weighted by atomic mass is 10.1. The standard InChI is InChI=1S/C11H11NO4/c13-9-4-2-1-3-8(9)12-6-7(11(15)16)5-10(12)14/h1-4,7,13H,5-6H2,(H,15,16). The highest BCUT2D eigenvalue weighted by Gasteiger charge is 2.35. The molecule has 0 spiro atoms. The van der Waals surface area contributed by atoms with Gasteiger partial charge in [0.15, 0.2) is 0 Å². The summed E-state index contributed by atoms with van der Waals surface area (Å²) in [4.78, 5) is 23.7. The number of nitrogens with zero attached hydrogens (tertiary/aromatic N) is 1. The number of aromatic hydroxyl groups is 1. The number of carboxylic acids is 1. The molecule has 5 heteroatoms. The van der Waals surface area contributed by atoms with Crippen LogP contribution in [0, 0.1) is 5.92 Å². The van der Waals surface area contributed by atoms with E-state index < -0.39 is 11.9 Å². The van der Waals surface area contributed by atoms with Crippen LogP contribution in [-0.4, -0.2) is 28.6 Å². The summed E-state index contributed by atoms with van der Waals surface area (Å²) < 4.78 is 0. The molecular weight excluding hydrogens is 210 g/mol. The van der Waals surface area contributed by atoms with E-state index in [1.165, 1.54) is 11.0 Å². The zero-order valence-corrected chi connectivity index (χ0v) is 8.46.